The van der Waals surface area contributed by atoms with Crippen LogP contribution in [0.25, 0.3) is 0 Å². The maximum atomic E-state index is 5.29. The average molecular weight is 248 g/mol. The fourth-order valence-electron chi connectivity index (χ4n) is 1.20. The molecule has 0 fully saturated rings. The van der Waals surface area contributed by atoms with Crippen molar-refractivity contribution in [3.8, 4) is 0 Å². The van der Waals surface area contributed by atoms with Crippen molar-refractivity contribution in [2.24, 2.45) is 11.5 Å². The molecule has 0 amide bonds. The molecule has 0 atom stereocenters. The Hall–Kier alpha value is -0.620. The van der Waals surface area contributed by atoms with Crippen LogP contribution in [-0.4, -0.2) is 23.3 Å². The van der Waals surface area contributed by atoms with Gasteiger partial charge in [0.1, 0.15) is 0 Å². The molecule has 4 nitrogen and oxygen atoms in total. The number of unbranched alkanes of at least 4 members (excludes halogenated alkanes) is 4. The van der Waals surface area contributed by atoms with Gasteiger partial charge >= 0.3 is 0 Å². The van der Waals surface area contributed by atoms with Crippen molar-refractivity contribution in [1.29, 1.82) is 0 Å². The zero-order chi connectivity index (χ0) is 11.5. The normalized spacial score (nSPS) is 9.60. The van der Waals surface area contributed by atoms with Crippen LogP contribution in [-0.2, 0) is 0 Å². The molecule has 0 aliphatic rings. The first-order chi connectivity index (χ1) is 7.13. The van der Waals surface area contributed by atoms with Crippen LogP contribution in [0, 0.1) is 0 Å². The highest BCUT2D eigenvalue weighted by molar-refractivity contribution is 7.80. The predicted molar refractivity (Wildman–Crippen MR) is 72.7 cm³/mol. The van der Waals surface area contributed by atoms with Gasteiger partial charge in [-0.1, -0.05) is 19.3 Å². The third-order valence-corrected chi connectivity index (χ3v) is 2.24. The Bertz CT molecular complexity index is 177. The molecule has 0 aliphatic carbocycles. The molecule has 0 aromatic rings. The third kappa shape index (κ3) is 13.4. The lowest BCUT2D eigenvalue weighted by atomic mass is 10.1. The summed E-state index contributed by atoms with van der Waals surface area (Å²) in [6, 6.07) is 0. The first kappa shape index (κ1) is 14.4. The first-order valence-electron chi connectivity index (χ1n) is 5.19. The van der Waals surface area contributed by atoms with E-state index >= 15 is 0 Å². The summed E-state index contributed by atoms with van der Waals surface area (Å²) in [5.41, 5.74) is 10.6. The van der Waals surface area contributed by atoms with E-state index in [0.29, 0.717) is 10.2 Å². The highest BCUT2D eigenvalue weighted by atomic mass is 32.1. The number of hydrogen-bond donors (Lipinski definition) is 4. The van der Waals surface area contributed by atoms with Crippen molar-refractivity contribution < 1.29 is 0 Å². The van der Waals surface area contributed by atoms with Gasteiger partial charge in [0.05, 0.1) is 0 Å². The molecule has 88 valence electrons. The van der Waals surface area contributed by atoms with Gasteiger partial charge in [0.2, 0.25) is 0 Å². The van der Waals surface area contributed by atoms with Crippen molar-refractivity contribution in [3.05, 3.63) is 0 Å². The van der Waals surface area contributed by atoms with Crippen molar-refractivity contribution in [2.45, 2.75) is 32.1 Å². The summed E-state index contributed by atoms with van der Waals surface area (Å²) in [5, 5.41) is 6.62. The minimum absolute atomic E-state index is 0.385. The quantitative estimate of drug-likeness (QED) is 0.372. The van der Waals surface area contributed by atoms with Crippen LogP contribution in [0.5, 0.6) is 0 Å². The number of thiocarbonyl (C=S) groups is 2. The van der Waals surface area contributed by atoms with E-state index in [0.717, 1.165) is 25.9 Å². The van der Waals surface area contributed by atoms with Crippen LogP contribution in [0.1, 0.15) is 32.1 Å². The molecule has 0 rings (SSSR count). The van der Waals surface area contributed by atoms with Gasteiger partial charge in [0.15, 0.2) is 10.2 Å². The lowest BCUT2D eigenvalue weighted by Crippen LogP contribution is -2.30. The van der Waals surface area contributed by atoms with Crippen LogP contribution >= 0.6 is 24.4 Å². The van der Waals surface area contributed by atoms with Gasteiger partial charge in [-0.05, 0) is 37.3 Å². The number of nitrogens with one attached hydrogen (secondary N) is 2. The highest BCUT2D eigenvalue weighted by Gasteiger charge is 1.92. The van der Waals surface area contributed by atoms with Gasteiger partial charge in [-0.25, -0.2) is 0 Å². The Balaban J connectivity index is 2.99. The van der Waals surface area contributed by atoms with Gasteiger partial charge in [0.25, 0.3) is 0 Å². The average Bonchev–Trinajstić information content (AvgIpc) is 2.14. The zero-order valence-electron chi connectivity index (χ0n) is 8.92. The van der Waals surface area contributed by atoms with E-state index in [2.05, 4.69) is 35.1 Å². The molecule has 0 saturated heterocycles. The van der Waals surface area contributed by atoms with Crippen LogP contribution in [0.15, 0.2) is 0 Å². The van der Waals surface area contributed by atoms with E-state index in [1.807, 2.05) is 0 Å². The molecule has 0 unspecified atom stereocenters. The standard InChI is InChI=1S/C9H20N4S2/c10-8(14)12-6-4-2-1-3-5-7-13-9(11)15/h1-7H2,(H3,10,12,14)(H3,11,13,15). The lowest BCUT2D eigenvalue weighted by molar-refractivity contribution is 0.603. The Kier molecular flexibility index (Phi) is 9.51. The molecule has 0 aromatic carbocycles. The summed E-state index contributed by atoms with van der Waals surface area (Å²) in [6.45, 7) is 1.75. The molecular weight excluding hydrogens is 228 g/mol. The van der Waals surface area contributed by atoms with E-state index in [1.54, 1.807) is 0 Å². The second-order valence-electron chi connectivity index (χ2n) is 3.35. The summed E-state index contributed by atoms with van der Waals surface area (Å²) in [6.07, 6.45) is 5.84. The van der Waals surface area contributed by atoms with Crippen molar-refractivity contribution in [2.75, 3.05) is 13.1 Å². The van der Waals surface area contributed by atoms with Crippen LogP contribution in [0.2, 0.25) is 0 Å². The summed E-state index contributed by atoms with van der Waals surface area (Å²) in [4.78, 5) is 0. The Morgan fingerprint density at radius 1 is 0.733 bits per heavy atom. The van der Waals surface area contributed by atoms with Gasteiger partial charge < -0.3 is 22.1 Å². The molecule has 0 radical (unpaired) electrons. The molecule has 0 saturated carbocycles. The molecule has 15 heavy (non-hydrogen) atoms. The van der Waals surface area contributed by atoms with E-state index in [4.69, 9.17) is 11.5 Å². The topological polar surface area (TPSA) is 76.1 Å². The second-order valence-corrected chi connectivity index (χ2v) is 4.23. The van der Waals surface area contributed by atoms with E-state index in [-0.39, 0.29) is 0 Å². The maximum absolute atomic E-state index is 5.29. The minimum atomic E-state index is 0.385. The summed E-state index contributed by atoms with van der Waals surface area (Å²) >= 11 is 9.38. The Morgan fingerprint density at radius 2 is 1.07 bits per heavy atom. The third-order valence-electron chi connectivity index (χ3n) is 1.95. The summed E-state index contributed by atoms with van der Waals surface area (Å²) in [5.74, 6) is 0. The van der Waals surface area contributed by atoms with Crippen molar-refractivity contribution >= 4 is 34.7 Å². The fraction of sp³-hybridized carbons (Fsp3) is 0.778. The van der Waals surface area contributed by atoms with Crippen LogP contribution in [0.3, 0.4) is 0 Å². The smallest absolute Gasteiger partial charge is 0.163 e. The molecule has 0 spiro atoms. The molecule has 0 bridgehead atoms. The predicted octanol–water partition coefficient (Wildman–Crippen LogP) is 0.603. The first-order valence-corrected chi connectivity index (χ1v) is 6.01. The van der Waals surface area contributed by atoms with E-state index in [9.17, 15) is 0 Å². The lowest BCUT2D eigenvalue weighted by Gasteiger charge is -2.04. The van der Waals surface area contributed by atoms with Gasteiger partial charge in [-0.3, -0.25) is 0 Å². The number of nitrogens with two attached hydrogens (primary N) is 2. The van der Waals surface area contributed by atoms with Gasteiger partial charge in [-0.2, -0.15) is 0 Å². The molecule has 0 aliphatic heterocycles. The molecule has 6 heteroatoms. The van der Waals surface area contributed by atoms with Crippen molar-refractivity contribution in [1.82, 2.24) is 10.6 Å². The maximum Gasteiger partial charge on any atom is 0.163 e. The Morgan fingerprint density at radius 3 is 1.40 bits per heavy atom. The molecular formula is C9H20N4S2. The summed E-state index contributed by atoms with van der Waals surface area (Å²) < 4.78 is 0. The number of hydrogen-bond acceptors (Lipinski definition) is 2. The zero-order valence-corrected chi connectivity index (χ0v) is 10.6. The van der Waals surface area contributed by atoms with Crippen molar-refractivity contribution in [3.63, 3.8) is 0 Å². The van der Waals surface area contributed by atoms with E-state index < -0.39 is 0 Å². The Labute approximate surface area is 102 Å². The van der Waals surface area contributed by atoms with Crippen LogP contribution < -0.4 is 22.1 Å². The van der Waals surface area contributed by atoms with Crippen LogP contribution in [0.4, 0.5) is 0 Å². The molecule has 0 aromatic heterocycles. The highest BCUT2D eigenvalue weighted by Crippen LogP contribution is 2.01. The molecule has 6 N–H and O–H groups in total. The number of rotatable bonds is 8. The minimum Gasteiger partial charge on any atom is -0.376 e. The fourth-order valence-corrected chi connectivity index (χ4v) is 1.41. The van der Waals surface area contributed by atoms with Gasteiger partial charge in [-0.15, -0.1) is 0 Å². The summed E-state index contributed by atoms with van der Waals surface area (Å²) in [7, 11) is 0. The monoisotopic (exact) mass is 248 g/mol. The SMILES string of the molecule is NC(=S)NCCCCCCCNC(N)=S. The largest absolute Gasteiger partial charge is 0.376 e. The van der Waals surface area contributed by atoms with Gasteiger partial charge in [0, 0.05) is 13.1 Å². The second kappa shape index (κ2) is 9.92. The van der Waals surface area contributed by atoms with E-state index in [1.165, 1.54) is 19.3 Å². The molecule has 0 heterocycles.